The Morgan fingerprint density at radius 1 is 1.44 bits per heavy atom. The third-order valence-corrected chi connectivity index (χ3v) is 3.38. The predicted octanol–water partition coefficient (Wildman–Crippen LogP) is 1.50. The van der Waals surface area contributed by atoms with Crippen molar-refractivity contribution in [1.29, 1.82) is 0 Å². The van der Waals surface area contributed by atoms with Gasteiger partial charge in [-0.25, -0.2) is 0 Å². The molecule has 1 aromatic rings. The highest BCUT2D eigenvalue weighted by Crippen LogP contribution is 2.13. The minimum atomic E-state index is 0.354. The van der Waals surface area contributed by atoms with E-state index < -0.39 is 0 Å². The van der Waals surface area contributed by atoms with Crippen LogP contribution in [0.4, 0.5) is 0 Å². The summed E-state index contributed by atoms with van der Waals surface area (Å²) in [5.41, 5.74) is 1.28. The fourth-order valence-electron chi connectivity index (χ4n) is 2.44. The van der Waals surface area contributed by atoms with Crippen LogP contribution in [-0.4, -0.2) is 36.8 Å². The zero-order valence-electron chi connectivity index (χ0n) is 11.2. The molecule has 0 radical (unpaired) electrons. The molecule has 1 aliphatic heterocycles. The molecule has 0 aliphatic carbocycles. The zero-order chi connectivity index (χ0) is 12.8. The molecule has 0 amide bonds. The predicted molar refractivity (Wildman–Crippen MR) is 72.5 cm³/mol. The Morgan fingerprint density at radius 3 is 2.89 bits per heavy atom. The van der Waals surface area contributed by atoms with Gasteiger partial charge in [0.1, 0.15) is 0 Å². The van der Waals surface area contributed by atoms with E-state index in [1.54, 1.807) is 0 Å². The Balaban J connectivity index is 1.78. The summed E-state index contributed by atoms with van der Waals surface area (Å²) < 4.78 is 5.47. The SMILES string of the molecule is CC(CC1COCCN1)N[C@@H](C)c1ccncc1. The monoisotopic (exact) mass is 249 g/mol. The molecule has 4 heteroatoms. The van der Waals surface area contributed by atoms with E-state index in [1.807, 2.05) is 12.4 Å². The average Bonchev–Trinajstić information content (AvgIpc) is 2.40. The molecule has 2 heterocycles. The van der Waals surface area contributed by atoms with Crippen molar-refractivity contribution in [3.8, 4) is 0 Å². The summed E-state index contributed by atoms with van der Waals surface area (Å²) in [5.74, 6) is 0. The van der Waals surface area contributed by atoms with Gasteiger partial charge >= 0.3 is 0 Å². The fourth-order valence-corrected chi connectivity index (χ4v) is 2.44. The lowest BCUT2D eigenvalue weighted by atomic mass is 10.1. The van der Waals surface area contributed by atoms with Crippen LogP contribution in [0.25, 0.3) is 0 Å². The van der Waals surface area contributed by atoms with Gasteiger partial charge in [-0.2, -0.15) is 0 Å². The molecular weight excluding hydrogens is 226 g/mol. The molecule has 1 aromatic heterocycles. The second-order valence-corrected chi connectivity index (χ2v) is 5.03. The maximum absolute atomic E-state index is 5.47. The van der Waals surface area contributed by atoms with E-state index in [4.69, 9.17) is 4.74 Å². The van der Waals surface area contributed by atoms with Crippen molar-refractivity contribution in [3.63, 3.8) is 0 Å². The Morgan fingerprint density at radius 2 is 2.22 bits per heavy atom. The molecule has 0 aromatic carbocycles. The molecule has 1 saturated heterocycles. The minimum absolute atomic E-state index is 0.354. The molecule has 18 heavy (non-hydrogen) atoms. The first-order valence-corrected chi connectivity index (χ1v) is 6.73. The molecule has 2 unspecified atom stereocenters. The lowest BCUT2D eigenvalue weighted by Crippen LogP contribution is -2.45. The van der Waals surface area contributed by atoms with Gasteiger partial charge in [0.15, 0.2) is 0 Å². The number of hydrogen-bond donors (Lipinski definition) is 2. The molecule has 3 atom stereocenters. The summed E-state index contributed by atoms with van der Waals surface area (Å²) in [6.07, 6.45) is 4.78. The van der Waals surface area contributed by atoms with Gasteiger partial charge in [-0.15, -0.1) is 0 Å². The Labute approximate surface area is 109 Å². The van der Waals surface area contributed by atoms with Crippen molar-refractivity contribution in [2.24, 2.45) is 0 Å². The molecule has 4 nitrogen and oxygen atoms in total. The van der Waals surface area contributed by atoms with Crippen LogP contribution in [0.3, 0.4) is 0 Å². The van der Waals surface area contributed by atoms with Crippen molar-refractivity contribution in [2.75, 3.05) is 19.8 Å². The van der Waals surface area contributed by atoms with E-state index in [2.05, 4.69) is 41.6 Å². The van der Waals surface area contributed by atoms with Gasteiger partial charge in [0.05, 0.1) is 13.2 Å². The van der Waals surface area contributed by atoms with Crippen molar-refractivity contribution in [1.82, 2.24) is 15.6 Å². The van der Waals surface area contributed by atoms with E-state index in [9.17, 15) is 0 Å². The molecule has 0 spiro atoms. The van der Waals surface area contributed by atoms with E-state index in [0.29, 0.717) is 18.1 Å². The van der Waals surface area contributed by atoms with Crippen molar-refractivity contribution >= 4 is 0 Å². The molecule has 2 rings (SSSR count). The van der Waals surface area contributed by atoms with Crippen LogP contribution in [0.2, 0.25) is 0 Å². The number of nitrogens with zero attached hydrogens (tertiary/aromatic N) is 1. The number of rotatable bonds is 5. The lowest BCUT2D eigenvalue weighted by molar-refractivity contribution is 0.0708. The van der Waals surface area contributed by atoms with E-state index >= 15 is 0 Å². The normalized spacial score (nSPS) is 23.6. The lowest BCUT2D eigenvalue weighted by Gasteiger charge is -2.28. The minimum Gasteiger partial charge on any atom is -0.379 e. The van der Waals surface area contributed by atoms with Crippen LogP contribution in [0, 0.1) is 0 Å². The molecule has 1 aliphatic rings. The third-order valence-electron chi connectivity index (χ3n) is 3.38. The maximum atomic E-state index is 5.47. The van der Waals surface area contributed by atoms with Crippen LogP contribution < -0.4 is 10.6 Å². The van der Waals surface area contributed by atoms with Gasteiger partial charge < -0.3 is 15.4 Å². The number of morpholine rings is 1. The Kier molecular flexibility index (Phi) is 5.11. The van der Waals surface area contributed by atoms with Gasteiger partial charge in [0, 0.05) is 37.1 Å². The van der Waals surface area contributed by atoms with Gasteiger partial charge in [0.25, 0.3) is 0 Å². The summed E-state index contributed by atoms with van der Waals surface area (Å²) in [6, 6.07) is 5.42. The van der Waals surface area contributed by atoms with Crippen LogP contribution >= 0.6 is 0 Å². The first-order chi connectivity index (χ1) is 8.75. The van der Waals surface area contributed by atoms with Crippen LogP contribution in [-0.2, 0) is 4.74 Å². The smallest absolute Gasteiger partial charge is 0.0620 e. The standard InChI is InChI=1S/C14H23N3O/c1-11(9-14-10-18-8-7-16-14)17-12(2)13-3-5-15-6-4-13/h3-6,11-12,14,16-17H,7-10H2,1-2H3/t11?,12-,14?/m0/s1. The van der Waals surface area contributed by atoms with Crippen LogP contribution in [0.5, 0.6) is 0 Å². The van der Waals surface area contributed by atoms with E-state index in [-0.39, 0.29) is 0 Å². The molecule has 0 saturated carbocycles. The quantitative estimate of drug-likeness (QED) is 0.830. The Hall–Kier alpha value is -0.970. The van der Waals surface area contributed by atoms with Crippen molar-refractivity contribution in [2.45, 2.75) is 38.4 Å². The van der Waals surface area contributed by atoms with Crippen LogP contribution in [0.15, 0.2) is 24.5 Å². The average molecular weight is 249 g/mol. The number of hydrogen-bond acceptors (Lipinski definition) is 4. The summed E-state index contributed by atoms with van der Waals surface area (Å²) in [4.78, 5) is 4.05. The molecule has 100 valence electrons. The number of ether oxygens (including phenoxy) is 1. The summed E-state index contributed by atoms with van der Waals surface area (Å²) in [5, 5.41) is 7.11. The highest BCUT2D eigenvalue weighted by Gasteiger charge is 2.17. The molecule has 1 fully saturated rings. The first-order valence-electron chi connectivity index (χ1n) is 6.73. The van der Waals surface area contributed by atoms with E-state index in [0.717, 1.165) is 26.2 Å². The first kappa shape index (κ1) is 13.5. The van der Waals surface area contributed by atoms with Gasteiger partial charge in [-0.1, -0.05) is 0 Å². The summed E-state index contributed by atoms with van der Waals surface area (Å²) >= 11 is 0. The Bertz CT molecular complexity index is 338. The van der Waals surface area contributed by atoms with Gasteiger partial charge in [-0.3, -0.25) is 4.98 Å². The molecular formula is C14H23N3O. The highest BCUT2D eigenvalue weighted by molar-refractivity contribution is 5.14. The number of nitrogens with one attached hydrogen (secondary N) is 2. The number of pyridine rings is 1. The summed E-state index contributed by atoms with van der Waals surface area (Å²) in [6.45, 7) is 7.06. The topological polar surface area (TPSA) is 46.2 Å². The molecule has 2 N–H and O–H groups in total. The fraction of sp³-hybridized carbons (Fsp3) is 0.643. The van der Waals surface area contributed by atoms with Crippen molar-refractivity contribution < 1.29 is 4.74 Å². The third kappa shape index (κ3) is 4.05. The second-order valence-electron chi connectivity index (χ2n) is 5.03. The van der Waals surface area contributed by atoms with E-state index in [1.165, 1.54) is 5.56 Å². The highest BCUT2D eigenvalue weighted by atomic mass is 16.5. The van der Waals surface area contributed by atoms with Crippen LogP contribution in [0.1, 0.15) is 31.9 Å². The zero-order valence-corrected chi connectivity index (χ0v) is 11.2. The van der Waals surface area contributed by atoms with Gasteiger partial charge in [0.2, 0.25) is 0 Å². The summed E-state index contributed by atoms with van der Waals surface area (Å²) in [7, 11) is 0. The van der Waals surface area contributed by atoms with Gasteiger partial charge in [-0.05, 0) is 38.0 Å². The second kappa shape index (κ2) is 6.83. The number of aromatic nitrogens is 1. The van der Waals surface area contributed by atoms with Crippen molar-refractivity contribution in [3.05, 3.63) is 30.1 Å². The maximum Gasteiger partial charge on any atom is 0.0620 e. The largest absolute Gasteiger partial charge is 0.379 e. The molecule has 0 bridgehead atoms.